The Morgan fingerprint density at radius 2 is 1.58 bits per heavy atom. The lowest BCUT2D eigenvalue weighted by Crippen LogP contribution is -2.56. The lowest BCUT2D eigenvalue weighted by Gasteiger charge is -2.62. The zero-order valence-corrected chi connectivity index (χ0v) is 21.8. The van der Waals surface area contributed by atoms with E-state index in [1.54, 1.807) is 0 Å². The van der Waals surface area contributed by atoms with Crippen LogP contribution in [0.25, 0.3) is 0 Å². The molecule has 0 bridgehead atoms. The van der Waals surface area contributed by atoms with Crippen LogP contribution in [0.2, 0.25) is 0 Å². The van der Waals surface area contributed by atoms with Gasteiger partial charge in [-0.05, 0) is 117 Å². The van der Waals surface area contributed by atoms with Crippen molar-refractivity contribution in [3.63, 3.8) is 0 Å². The van der Waals surface area contributed by atoms with Crippen LogP contribution in [0.15, 0.2) is 0 Å². The summed E-state index contributed by atoms with van der Waals surface area (Å²) < 4.78 is 43.0. The third-order valence-electron chi connectivity index (χ3n) is 11.8. The van der Waals surface area contributed by atoms with Crippen LogP contribution in [0, 0.1) is 52.3 Å². The van der Waals surface area contributed by atoms with Crippen LogP contribution in [-0.4, -0.2) is 16.9 Å². The van der Waals surface area contributed by atoms with Gasteiger partial charge in [0.05, 0.1) is 11.5 Å². The zero-order valence-electron chi connectivity index (χ0n) is 21.8. The highest BCUT2D eigenvalue weighted by Crippen LogP contribution is 2.69. The molecule has 0 heterocycles. The molecule has 0 aromatic rings. The molecule has 0 amide bonds. The number of hydrogen-bond donors (Lipinski definition) is 1. The van der Waals surface area contributed by atoms with Crippen LogP contribution < -0.4 is 0 Å². The topological polar surface area (TPSA) is 20.2 Å². The van der Waals surface area contributed by atoms with Gasteiger partial charge in [0.15, 0.2) is 0 Å². The molecule has 4 aliphatic carbocycles. The molecule has 7 unspecified atom stereocenters. The Morgan fingerprint density at radius 3 is 2.21 bits per heavy atom. The summed E-state index contributed by atoms with van der Waals surface area (Å²) in [5, 5.41) is 11.0. The number of halogens is 3. The van der Waals surface area contributed by atoms with Gasteiger partial charge in [-0.3, -0.25) is 0 Å². The molecular formula is C29H49F3O. The van der Waals surface area contributed by atoms with Gasteiger partial charge in [0.25, 0.3) is 0 Å². The van der Waals surface area contributed by atoms with Gasteiger partial charge < -0.3 is 5.11 Å². The summed E-state index contributed by atoms with van der Waals surface area (Å²) in [6.45, 7) is 11.1. The van der Waals surface area contributed by atoms with Gasteiger partial charge in [0.2, 0.25) is 0 Å². The summed E-state index contributed by atoms with van der Waals surface area (Å²) in [6, 6.07) is 0. The van der Waals surface area contributed by atoms with Crippen molar-refractivity contribution in [2.45, 2.75) is 130 Å². The zero-order chi connectivity index (χ0) is 24.2. The molecule has 0 spiro atoms. The highest BCUT2D eigenvalue weighted by molar-refractivity contribution is 5.11. The Bertz CT molecular complexity index is 689. The first kappa shape index (κ1) is 25.8. The monoisotopic (exact) mass is 470 g/mol. The Kier molecular flexibility index (Phi) is 7.05. The lowest BCUT2D eigenvalue weighted by atomic mass is 9.43. The minimum absolute atomic E-state index is 0.152. The summed E-state index contributed by atoms with van der Waals surface area (Å²) in [5.74, 6) is 1.42. The van der Waals surface area contributed by atoms with E-state index in [0.717, 1.165) is 64.2 Å². The molecule has 4 fully saturated rings. The van der Waals surface area contributed by atoms with E-state index in [2.05, 4.69) is 34.6 Å². The Morgan fingerprint density at radius 1 is 0.879 bits per heavy atom. The third-order valence-corrected chi connectivity index (χ3v) is 11.8. The number of fused-ring (bicyclic) bond motifs is 5. The van der Waals surface area contributed by atoms with E-state index in [1.807, 2.05) is 0 Å². The molecule has 0 aromatic heterocycles. The predicted molar refractivity (Wildman–Crippen MR) is 129 cm³/mol. The van der Waals surface area contributed by atoms with E-state index in [4.69, 9.17) is 0 Å². The molecule has 1 nitrogen and oxygen atoms in total. The average Bonchev–Trinajstić information content (AvgIpc) is 3.07. The van der Waals surface area contributed by atoms with Gasteiger partial charge in [0.1, 0.15) is 0 Å². The second-order valence-corrected chi connectivity index (χ2v) is 13.6. The first-order valence-electron chi connectivity index (χ1n) is 14.1. The lowest BCUT2D eigenvalue weighted by molar-refractivity contribution is -0.210. The van der Waals surface area contributed by atoms with Crippen LogP contribution in [0.1, 0.15) is 118 Å². The van der Waals surface area contributed by atoms with Crippen molar-refractivity contribution in [1.82, 2.24) is 0 Å². The molecule has 0 aromatic carbocycles. The van der Waals surface area contributed by atoms with E-state index in [-0.39, 0.29) is 16.7 Å². The molecule has 192 valence electrons. The quantitative estimate of drug-likeness (QED) is 0.411. The van der Waals surface area contributed by atoms with Crippen molar-refractivity contribution >= 4 is 0 Å². The summed E-state index contributed by atoms with van der Waals surface area (Å²) in [7, 11) is 0. The van der Waals surface area contributed by atoms with Crippen molar-refractivity contribution in [3.05, 3.63) is 0 Å². The molecule has 33 heavy (non-hydrogen) atoms. The first-order valence-corrected chi connectivity index (χ1v) is 14.1. The molecule has 4 saturated carbocycles. The molecular weight excluding hydrogens is 421 g/mol. The minimum Gasteiger partial charge on any atom is -0.390 e. The van der Waals surface area contributed by atoms with Gasteiger partial charge in [0, 0.05) is 0 Å². The maximum Gasteiger partial charge on any atom is 0.392 e. The summed E-state index contributed by atoms with van der Waals surface area (Å²) in [5.41, 5.74) is -0.375. The van der Waals surface area contributed by atoms with Gasteiger partial charge in [-0.25, -0.2) is 0 Å². The highest BCUT2D eigenvalue weighted by Gasteiger charge is 2.63. The highest BCUT2D eigenvalue weighted by atomic mass is 19.4. The smallest absolute Gasteiger partial charge is 0.390 e. The summed E-state index contributed by atoms with van der Waals surface area (Å²) >= 11 is 0. The molecule has 1 N–H and O–H groups in total. The van der Waals surface area contributed by atoms with Crippen molar-refractivity contribution in [2.24, 2.45) is 52.3 Å². The van der Waals surface area contributed by atoms with Gasteiger partial charge in [-0.15, -0.1) is 0 Å². The van der Waals surface area contributed by atoms with Gasteiger partial charge in [-0.2, -0.15) is 13.2 Å². The molecule has 4 heteroatoms. The maximum atomic E-state index is 14.3. The Balaban J connectivity index is 1.53. The third kappa shape index (κ3) is 4.53. The Hall–Kier alpha value is -0.250. The molecule has 4 rings (SSSR count). The van der Waals surface area contributed by atoms with E-state index in [0.29, 0.717) is 42.4 Å². The normalized spacial score (nSPS) is 46.5. The maximum absolute atomic E-state index is 14.3. The van der Waals surface area contributed by atoms with Crippen molar-refractivity contribution < 1.29 is 18.3 Å². The average molecular weight is 471 g/mol. The van der Waals surface area contributed by atoms with Crippen LogP contribution in [0.4, 0.5) is 13.2 Å². The second-order valence-electron chi connectivity index (χ2n) is 13.6. The van der Waals surface area contributed by atoms with Gasteiger partial charge in [-0.1, -0.05) is 47.5 Å². The fourth-order valence-corrected chi connectivity index (χ4v) is 9.68. The van der Waals surface area contributed by atoms with Crippen molar-refractivity contribution in [1.29, 1.82) is 0 Å². The number of aliphatic hydroxyl groups is 1. The van der Waals surface area contributed by atoms with Crippen LogP contribution in [0.3, 0.4) is 0 Å². The van der Waals surface area contributed by atoms with Crippen molar-refractivity contribution in [2.75, 3.05) is 0 Å². The fourth-order valence-electron chi connectivity index (χ4n) is 9.68. The summed E-state index contributed by atoms with van der Waals surface area (Å²) in [4.78, 5) is 0. The standard InChI is InChI=1S/C29H49F3O/c1-6-28(33)17-16-26(4)20(18-28)10-11-21-22-12-13-24(27(22,5)15-14-23(21)26)25(29(30,31)32)9-7-8-19(2)3/h19-25,33H,6-18H2,1-5H3/t20-,21?,22?,23?,24?,25?,26?,27?,28-/m0/s1. The van der Waals surface area contributed by atoms with Gasteiger partial charge >= 0.3 is 6.18 Å². The molecule has 0 saturated heterocycles. The predicted octanol–water partition coefficient (Wildman–Crippen LogP) is 8.79. The second kappa shape index (κ2) is 9.00. The number of hydrogen-bond acceptors (Lipinski definition) is 1. The number of alkyl halides is 3. The van der Waals surface area contributed by atoms with Crippen LogP contribution in [0.5, 0.6) is 0 Å². The van der Waals surface area contributed by atoms with Crippen LogP contribution in [-0.2, 0) is 0 Å². The van der Waals surface area contributed by atoms with E-state index in [1.165, 1.54) is 6.42 Å². The van der Waals surface area contributed by atoms with E-state index in [9.17, 15) is 18.3 Å². The van der Waals surface area contributed by atoms with E-state index < -0.39 is 17.7 Å². The van der Waals surface area contributed by atoms with Crippen molar-refractivity contribution in [3.8, 4) is 0 Å². The Labute approximate surface area is 200 Å². The molecule has 9 atom stereocenters. The minimum atomic E-state index is -4.08. The molecule has 0 radical (unpaired) electrons. The first-order chi connectivity index (χ1) is 15.3. The SMILES string of the molecule is CC[C@]1(O)CCC2(C)C3CCC4(C)C(CCC4C(CCCC(C)C)C(F)(F)F)C3CC[C@H]2C1. The summed E-state index contributed by atoms with van der Waals surface area (Å²) in [6.07, 6.45) is 7.77. The van der Waals surface area contributed by atoms with Crippen LogP contribution >= 0.6 is 0 Å². The number of rotatable bonds is 6. The molecule has 4 aliphatic rings. The molecule has 0 aliphatic heterocycles. The van der Waals surface area contributed by atoms with E-state index >= 15 is 0 Å². The fraction of sp³-hybridized carbons (Fsp3) is 1.00. The largest absolute Gasteiger partial charge is 0.392 e.